The number of ether oxygens (including phenoxy) is 1. The second kappa shape index (κ2) is 3.18. The van der Waals surface area contributed by atoms with Crippen LogP contribution in [0, 0.1) is 17.8 Å². The van der Waals surface area contributed by atoms with Crippen molar-refractivity contribution in [1.29, 1.82) is 0 Å². The summed E-state index contributed by atoms with van der Waals surface area (Å²) in [5.41, 5.74) is -1.06. The van der Waals surface area contributed by atoms with Gasteiger partial charge in [0.25, 0.3) is 0 Å². The van der Waals surface area contributed by atoms with Crippen molar-refractivity contribution in [3.05, 3.63) is 0 Å². The minimum Gasteiger partial charge on any atom is -0.446 e. The lowest BCUT2D eigenvalue weighted by Gasteiger charge is -2.36. The van der Waals surface area contributed by atoms with Crippen LogP contribution in [0.5, 0.6) is 0 Å². The molecule has 0 saturated heterocycles. The van der Waals surface area contributed by atoms with Crippen LogP contribution in [0.2, 0.25) is 0 Å². The fraction of sp³-hybridized carbons (Fsp3) is 0.700. The molecule has 12 heavy (non-hydrogen) atoms. The van der Waals surface area contributed by atoms with Gasteiger partial charge in [0.15, 0.2) is 5.60 Å². The number of rotatable bonds is 1. The maximum Gasteiger partial charge on any atom is 0.304 e. The van der Waals surface area contributed by atoms with Crippen LogP contribution in [0.4, 0.5) is 0 Å². The minimum absolute atomic E-state index is 0.243. The Bertz CT molecular complexity index is 217. The largest absolute Gasteiger partial charge is 0.446 e. The van der Waals surface area contributed by atoms with E-state index >= 15 is 0 Å². The molecule has 0 aliphatic rings. The Morgan fingerprint density at radius 1 is 1.33 bits per heavy atom. The highest BCUT2D eigenvalue weighted by molar-refractivity contribution is 5.67. The van der Waals surface area contributed by atoms with Crippen LogP contribution in [0.25, 0.3) is 0 Å². The molecule has 1 unspecified atom stereocenters. The third-order valence-corrected chi connectivity index (χ3v) is 2.05. The van der Waals surface area contributed by atoms with E-state index in [1.165, 1.54) is 6.92 Å². The van der Waals surface area contributed by atoms with Gasteiger partial charge in [-0.1, -0.05) is 26.7 Å². The van der Waals surface area contributed by atoms with Gasteiger partial charge >= 0.3 is 5.97 Å². The van der Waals surface area contributed by atoms with Crippen LogP contribution < -0.4 is 0 Å². The first-order valence-electron chi connectivity index (χ1n) is 3.90. The summed E-state index contributed by atoms with van der Waals surface area (Å²) in [5, 5.41) is 0. The maximum atomic E-state index is 10.7. The molecule has 0 radical (unpaired) electrons. The highest BCUT2D eigenvalue weighted by Crippen LogP contribution is 2.32. The van der Waals surface area contributed by atoms with Gasteiger partial charge in [0, 0.05) is 12.3 Å². The zero-order valence-corrected chi connectivity index (χ0v) is 8.39. The van der Waals surface area contributed by atoms with E-state index in [0.29, 0.717) is 0 Å². The summed E-state index contributed by atoms with van der Waals surface area (Å²) in [4.78, 5) is 10.7. The molecule has 0 aromatic heterocycles. The number of terminal acetylenes is 1. The molecular weight excluding hydrogens is 152 g/mol. The van der Waals surface area contributed by atoms with Gasteiger partial charge in [0.2, 0.25) is 0 Å². The first-order valence-corrected chi connectivity index (χ1v) is 3.90. The van der Waals surface area contributed by atoms with Crippen LogP contribution >= 0.6 is 0 Å². The van der Waals surface area contributed by atoms with Gasteiger partial charge in [-0.15, -0.1) is 6.42 Å². The third kappa shape index (κ3) is 2.27. The normalized spacial score (nSPS) is 16.0. The summed E-state index contributed by atoms with van der Waals surface area (Å²) in [7, 11) is 0. The Morgan fingerprint density at radius 3 is 1.83 bits per heavy atom. The summed E-state index contributed by atoms with van der Waals surface area (Å²) in [6.45, 7) is 8.93. The van der Waals surface area contributed by atoms with Crippen LogP contribution in [-0.4, -0.2) is 11.6 Å². The van der Waals surface area contributed by atoms with Crippen molar-refractivity contribution >= 4 is 5.97 Å². The van der Waals surface area contributed by atoms with Crippen molar-refractivity contribution in [3.63, 3.8) is 0 Å². The molecule has 0 aliphatic heterocycles. The monoisotopic (exact) mass is 168 g/mol. The smallest absolute Gasteiger partial charge is 0.304 e. The SMILES string of the molecule is C#CC(C)(OC(C)=O)C(C)(C)C. The predicted molar refractivity (Wildman–Crippen MR) is 48.5 cm³/mol. The lowest BCUT2D eigenvalue weighted by atomic mass is 9.78. The average Bonchev–Trinajstić information content (AvgIpc) is 1.83. The molecule has 2 heteroatoms. The predicted octanol–water partition coefficient (Wildman–Crippen LogP) is 1.99. The molecule has 0 bridgehead atoms. The first kappa shape index (κ1) is 11.0. The van der Waals surface area contributed by atoms with Gasteiger partial charge in [0.05, 0.1) is 0 Å². The van der Waals surface area contributed by atoms with Crippen molar-refractivity contribution in [3.8, 4) is 12.3 Å². The molecule has 68 valence electrons. The van der Waals surface area contributed by atoms with Crippen molar-refractivity contribution in [1.82, 2.24) is 0 Å². The number of hydrogen-bond donors (Lipinski definition) is 0. The van der Waals surface area contributed by atoms with Gasteiger partial charge < -0.3 is 4.74 Å². The number of carbonyl (C=O) groups is 1. The van der Waals surface area contributed by atoms with Crippen molar-refractivity contribution < 1.29 is 9.53 Å². The van der Waals surface area contributed by atoms with E-state index in [1.54, 1.807) is 6.92 Å². The van der Waals surface area contributed by atoms with Crippen molar-refractivity contribution in [2.45, 2.75) is 40.2 Å². The van der Waals surface area contributed by atoms with Gasteiger partial charge in [-0.2, -0.15) is 0 Å². The first-order chi connectivity index (χ1) is 5.23. The lowest BCUT2D eigenvalue weighted by molar-refractivity contribution is -0.158. The molecule has 0 heterocycles. The van der Waals surface area contributed by atoms with Crippen molar-refractivity contribution in [2.75, 3.05) is 0 Å². The van der Waals surface area contributed by atoms with Gasteiger partial charge in [-0.25, -0.2) is 0 Å². The fourth-order valence-corrected chi connectivity index (χ4v) is 0.687. The van der Waals surface area contributed by atoms with Crippen LogP contribution in [0.15, 0.2) is 0 Å². The summed E-state index contributed by atoms with van der Waals surface area (Å²) < 4.78 is 5.08. The molecule has 0 saturated carbocycles. The lowest BCUT2D eigenvalue weighted by Crippen LogP contribution is -2.42. The Morgan fingerprint density at radius 2 is 1.75 bits per heavy atom. The van der Waals surface area contributed by atoms with E-state index in [-0.39, 0.29) is 11.4 Å². The Labute approximate surface area is 74.3 Å². The summed E-state index contributed by atoms with van der Waals surface area (Å²) in [6, 6.07) is 0. The molecule has 2 nitrogen and oxygen atoms in total. The van der Waals surface area contributed by atoms with E-state index in [0.717, 1.165) is 0 Å². The summed E-state index contributed by atoms with van der Waals surface area (Å²) >= 11 is 0. The Balaban J connectivity index is 4.72. The number of esters is 1. The zero-order chi connectivity index (χ0) is 9.99. The van der Waals surface area contributed by atoms with Crippen LogP contribution in [-0.2, 0) is 9.53 Å². The van der Waals surface area contributed by atoms with E-state index in [2.05, 4.69) is 5.92 Å². The molecule has 0 spiro atoms. The van der Waals surface area contributed by atoms with Crippen LogP contribution in [0.3, 0.4) is 0 Å². The fourth-order valence-electron chi connectivity index (χ4n) is 0.687. The Hall–Kier alpha value is -0.970. The molecule has 0 N–H and O–H groups in total. The molecule has 0 aromatic carbocycles. The number of carbonyl (C=O) groups excluding carboxylic acids is 1. The second-order valence-electron chi connectivity index (χ2n) is 4.02. The van der Waals surface area contributed by atoms with Gasteiger partial charge in [-0.3, -0.25) is 4.79 Å². The van der Waals surface area contributed by atoms with Crippen molar-refractivity contribution in [2.24, 2.45) is 5.41 Å². The highest BCUT2D eigenvalue weighted by atomic mass is 16.6. The maximum absolute atomic E-state index is 10.7. The quantitative estimate of drug-likeness (QED) is 0.442. The third-order valence-electron chi connectivity index (χ3n) is 2.05. The van der Waals surface area contributed by atoms with E-state index in [4.69, 9.17) is 11.2 Å². The topological polar surface area (TPSA) is 26.3 Å². The highest BCUT2D eigenvalue weighted by Gasteiger charge is 2.38. The molecule has 0 amide bonds. The van der Waals surface area contributed by atoms with Gasteiger partial charge in [0.1, 0.15) is 0 Å². The summed E-state index contributed by atoms with van der Waals surface area (Å²) in [5.74, 6) is 2.16. The second-order valence-corrected chi connectivity index (χ2v) is 4.02. The Kier molecular flexibility index (Phi) is 2.93. The number of hydrogen-bond acceptors (Lipinski definition) is 2. The van der Waals surface area contributed by atoms with Gasteiger partial charge in [-0.05, 0) is 6.92 Å². The molecule has 0 fully saturated rings. The molecule has 0 aliphatic carbocycles. The standard InChI is InChI=1S/C10H16O2/c1-7-10(6,9(3,4)5)12-8(2)11/h1H,2-6H3. The molecule has 1 atom stereocenters. The van der Waals surface area contributed by atoms with E-state index in [1.807, 2.05) is 20.8 Å². The minimum atomic E-state index is -0.821. The summed E-state index contributed by atoms with van der Waals surface area (Å²) in [6.07, 6.45) is 5.31. The van der Waals surface area contributed by atoms with Crippen LogP contribution in [0.1, 0.15) is 34.6 Å². The molecule has 0 aromatic rings. The van der Waals surface area contributed by atoms with E-state index < -0.39 is 5.60 Å². The molecular formula is C10H16O2. The molecule has 0 rings (SSSR count). The van der Waals surface area contributed by atoms with E-state index in [9.17, 15) is 4.79 Å². The zero-order valence-electron chi connectivity index (χ0n) is 8.39. The average molecular weight is 168 g/mol.